The molecule has 2 heterocycles. The summed E-state index contributed by atoms with van der Waals surface area (Å²) in [5, 5.41) is 12.9. The molecule has 3 aromatic rings. The number of benzene rings is 1. The van der Waals surface area contributed by atoms with Gasteiger partial charge < -0.3 is 14.8 Å². The number of alkyl halides is 3. The summed E-state index contributed by atoms with van der Waals surface area (Å²) in [6.45, 7) is -0.992. The molecule has 33 heavy (non-hydrogen) atoms. The Kier molecular flexibility index (Phi) is 7.24. The maximum atomic E-state index is 13.3. The van der Waals surface area contributed by atoms with Crippen molar-refractivity contribution in [2.45, 2.75) is 24.2 Å². The zero-order chi connectivity index (χ0) is 24.4. The van der Waals surface area contributed by atoms with Crippen molar-refractivity contribution in [1.29, 1.82) is 0 Å². The van der Waals surface area contributed by atoms with Crippen LogP contribution >= 0.6 is 11.8 Å². The lowest BCUT2D eigenvalue weighted by Gasteiger charge is -2.08. The van der Waals surface area contributed by atoms with E-state index in [9.17, 15) is 31.5 Å². The average molecular weight is 504 g/mol. The van der Waals surface area contributed by atoms with E-state index in [0.29, 0.717) is 11.3 Å². The molecule has 0 amide bonds. The van der Waals surface area contributed by atoms with Gasteiger partial charge in [-0.1, -0.05) is 12.1 Å². The molecule has 0 saturated carbocycles. The Morgan fingerprint density at radius 2 is 1.91 bits per heavy atom. The zero-order valence-corrected chi connectivity index (χ0v) is 19.1. The van der Waals surface area contributed by atoms with E-state index in [4.69, 9.17) is 4.74 Å². The predicted molar refractivity (Wildman–Crippen MR) is 116 cm³/mol. The van der Waals surface area contributed by atoms with Crippen LogP contribution in [0.3, 0.4) is 0 Å². The summed E-state index contributed by atoms with van der Waals surface area (Å²) >= 11 is 1.24. The van der Waals surface area contributed by atoms with Gasteiger partial charge in [0.05, 0.1) is 22.9 Å². The van der Waals surface area contributed by atoms with E-state index in [-0.39, 0.29) is 27.8 Å². The number of nitrogens with zero attached hydrogens (tertiary/aromatic N) is 2. The van der Waals surface area contributed by atoms with Gasteiger partial charge in [-0.3, -0.25) is 9.48 Å². The molecule has 1 aromatic carbocycles. The number of rotatable bonds is 8. The molecule has 0 aliphatic rings. The summed E-state index contributed by atoms with van der Waals surface area (Å²) in [6, 6.07) is 8.28. The molecule has 0 aliphatic carbocycles. The van der Waals surface area contributed by atoms with Gasteiger partial charge in [0, 0.05) is 11.9 Å². The Balaban J connectivity index is 2.02. The first-order chi connectivity index (χ1) is 15.4. The van der Waals surface area contributed by atoms with Gasteiger partial charge in [0.15, 0.2) is 15.5 Å². The number of aromatic amines is 1. The van der Waals surface area contributed by atoms with Crippen molar-refractivity contribution in [2.75, 3.05) is 18.5 Å². The van der Waals surface area contributed by atoms with Gasteiger partial charge in [-0.05, 0) is 41.6 Å². The number of esters is 1. The molecular formula is C20H20F3N3O5S2. The van der Waals surface area contributed by atoms with Gasteiger partial charge >= 0.3 is 12.1 Å². The van der Waals surface area contributed by atoms with Crippen molar-refractivity contribution < 1.29 is 36.2 Å². The summed E-state index contributed by atoms with van der Waals surface area (Å²) in [5.41, 5.74) is 0.163. The third-order valence-corrected chi connectivity index (χ3v) is 6.13. The number of carbonyl (C=O) groups is 1. The van der Waals surface area contributed by atoms with Crippen molar-refractivity contribution in [3.63, 3.8) is 0 Å². The van der Waals surface area contributed by atoms with Gasteiger partial charge in [-0.25, -0.2) is 8.42 Å². The highest BCUT2D eigenvalue weighted by atomic mass is 32.2. The van der Waals surface area contributed by atoms with Crippen LogP contribution in [0.4, 0.5) is 13.2 Å². The number of aromatic nitrogens is 3. The molecule has 0 unspecified atom stereocenters. The Morgan fingerprint density at radius 1 is 1.21 bits per heavy atom. The van der Waals surface area contributed by atoms with Crippen molar-refractivity contribution in [3.8, 4) is 22.6 Å². The van der Waals surface area contributed by atoms with Crippen molar-refractivity contribution in [3.05, 3.63) is 47.7 Å². The fraction of sp³-hybridized carbons (Fsp3) is 0.300. The van der Waals surface area contributed by atoms with Crippen LogP contribution in [0.25, 0.3) is 22.6 Å². The van der Waals surface area contributed by atoms with E-state index in [1.54, 1.807) is 18.4 Å². The average Bonchev–Trinajstić information content (AvgIpc) is 3.38. The number of H-pyrrole nitrogens is 1. The van der Waals surface area contributed by atoms with E-state index in [1.807, 2.05) is 0 Å². The minimum atomic E-state index is -4.72. The summed E-state index contributed by atoms with van der Waals surface area (Å²) in [7, 11) is -3.63. The molecule has 0 aliphatic heterocycles. The zero-order valence-electron chi connectivity index (χ0n) is 17.5. The lowest BCUT2D eigenvalue weighted by atomic mass is 10.1. The Hall–Kier alpha value is -2.77. The van der Waals surface area contributed by atoms with E-state index < -0.39 is 40.8 Å². The second-order valence-corrected chi connectivity index (χ2v) is 9.83. The largest absolute Gasteiger partial charge is 0.453 e. The molecule has 0 fully saturated rings. The van der Waals surface area contributed by atoms with E-state index in [0.717, 1.165) is 17.0 Å². The summed E-state index contributed by atoms with van der Waals surface area (Å²) in [4.78, 5) is 14.9. The number of sulfone groups is 1. The number of thioether (sulfide) groups is 1. The van der Waals surface area contributed by atoms with Crippen LogP contribution in [-0.2, 0) is 38.7 Å². The highest BCUT2D eigenvalue weighted by Crippen LogP contribution is 2.33. The summed E-state index contributed by atoms with van der Waals surface area (Å²) in [6.07, 6.45) is -2.00. The number of nitrogens with one attached hydrogen (secondary N) is 1. The number of aliphatic hydroxyl groups excluding tert-OH is 1. The van der Waals surface area contributed by atoms with Crippen LogP contribution in [-0.4, -0.2) is 52.7 Å². The Morgan fingerprint density at radius 3 is 2.52 bits per heavy atom. The lowest BCUT2D eigenvalue weighted by Crippen LogP contribution is -2.16. The first-order valence-corrected chi connectivity index (χ1v) is 12.7. The van der Waals surface area contributed by atoms with Crippen molar-refractivity contribution >= 4 is 27.6 Å². The lowest BCUT2D eigenvalue weighted by molar-refractivity contribution is -0.144. The van der Waals surface area contributed by atoms with Crippen LogP contribution in [0.1, 0.15) is 11.3 Å². The molecule has 0 saturated heterocycles. The van der Waals surface area contributed by atoms with Crippen molar-refractivity contribution in [1.82, 2.24) is 14.8 Å². The quantitative estimate of drug-likeness (QED) is 0.358. The molecule has 0 radical (unpaired) electrons. The van der Waals surface area contributed by atoms with Crippen LogP contribution < -0.4 is 0 Å². The van der Waals surface area contributed by atoms with Gasteiger partial charge in [0.1, 0.15) is 12.5 Å². The van der Waals surface area contributed by atoms with Gasteiger partial charge in [0.2, 0.25) is 0 Å². The topological polar surface area (TPSA) is 114 Å². The number of hydrogen-bond acceptors (Lipinski definition) is 7. The van der Waals surface area contributed by atoms with Crippen molar-refractivity contribution in [2.24, 2.45) is 0 Å². The van der Waals surface area contributed by atoms with E-state index in [1.165, 1.54) is 30.0 Å². The normalized spacial score (nSPS) is 12.2. The monoisotopic (exact) mass is 503 g/mol. The SMILES string of the molecule is CSCOC(=O)Cn1nc(C(F)(F)F)cc1-c1ccc(-c2ccc(CO)c(S(C)(=O)=O)c2)[nH]1. The van der Waals surface area contributed by atoms with Crippen LogP contribution in [0.5, 0.6) is 0 Å². The second-order valence-electron chi connectivity index (χ2n) is 7.03. The summed E-state index contributed by atoms with van der Waals surface area (Å²) < 4.78 is 69.7. The van der Waals surface area contributed by atoms with Crippen LogP contribution in [0.15, 0.2) is 41.3 Å². The molecule has 178 valence electrons. The number of aliphatic hydroxyl groups is 1. The van der Waals surface area contributed by atoms with E-state index in [2.05, 4.69) is 10.1 Å². The highest BCUT2D eigenvalue weighted by molar-refractivity contribution is 7.98. The van der Waals surface area contributed by atoms with Crippen LogP contribution in [0.2, 0.25) is 0 Å². The molecule has 2 aromatic heterocycles. The second kappa shape index (κ2) is 9.61. The smallest absolute Gasteiger partial charge is 0.435 e. The number of carbonyl (C=O) groups excluding carboxylic acids is 1. The number of ether oxygens (including phenoxy) is 1. The summed E-state index contributed by atoms with van der Waals surface area (Å²) in [5.74, 6) is -0.688. The minimum Gasteiger partial charge on any atom is -0.453 e. The Bertz CT molecular complexity index is 1270. The van der Waals surface area contributed by atoms with Crippen LogP contribution in [0, 0.1) is 0 Å². The van der Waals surface area contributed by atoms with Gasteiger partial charge in [-0.2, -0.15) is 18.3 Å². The fourth-order valence-corrected chi connectivity index (χ4v) is 4.30. The van der Waals surface area contributed by atoms with Gasteiger partial charge in [0.25, 0.3) is 0 Å². The Labute approximate surface area is 191 Å². The number of halogens is 3. The molecule has 13 heteroatoms. The molecule has 3 rings (SSSR count). The first kappa shape index (κ1) is 24.9. The highest BCUT2D eigenvalue weighted by Gasteiger charge is 2.35. The molecule has 8 nitrogen and oxygen atoms in total. The third kappa shape index (κ3) is 5.78. The maximum Gasteiger partial charge on any atom is 0.435 e. The minimum absolute atomic E-state index is 0.00462. The molecule has 0 spiro atoms. The number of hydrogen-bond donors (Lipinski definition) is 2. The molecule has 0 atom stereocenters. The maximum absolute atomic E-state index is 13.3. The molecule has 0 bridgehead atoms. The molecular weight excluding hydrogens is 483 g/mol. The first-order valence-electron chi connectivity index (χ1n) is 9.37. The standard InChI is InChI=1S/C20H20F3N3O5S2/c1-32-11-31-19(28)9-26-16(8-18(25-26)20(21,22)23)15-6-5-14(24-15)12-3-4-13(10-27)17(7-12)33(2,29)30/h3-8,24,27H,9-11H2,1-2H3. The van der Waals surface area contributed by atoms with E-state index >= 15 is 0 Å². The third-order valence-electron chi connectivity index (χ3n) is 4.60. The fourth-order valence-electron chi connectivity index (χ4n) is 3.10. The predicted octanol–water partition coefficient (Wildman–Crippen LogP) is 3.32. The van der Waals surface area contributed by atoms with Gasteiger partial charge in [-0.15, -0.1) is 11.8 Å². The molecule has 2 N–H and O–H groups in total.